The lowest BCUT2D eigenvalue weighted by atomic mass is 10.0. The molecule has 1 unspecified atom stereocenters. The molecule has 0 saturated carbocycles. The molecule has 29 heavy (non-hydrogen) atoms. The fraction of sp³-hybridized carbons (Fsp3) is 0.500. The van der Waals surface area contributed by atoms with Crippen molar-refractivity contribution in [1.29, 1.82) is 0 Å². The molecular weight excluding hydrogens is 400 g/mol. The highest BCUT2D eigenvalue weighted by Gasteiger charge is 2.30. The number of hydrogen-bond acceptors (Lipinski definition) is 6. The van der Waals surface area contributed by atoms with Crippen LogP contribution >= 0.6 is 0 Å². The molecule has 3 aliphatic rings. The minimum atomic E-state index is -2.92. The summed E-state index contributed by atoms with van der Waals surface area (Å²) in [6.07, 6.45) is 7.20. The maximum Gasteiger partial charge on any atom is 0.227 e. The Morgan fingerprint density at radius 3 is 2.62 bits per heavy atom. The molecule has 0 bridgehead atoms. The van der Waals surface area contributed by atoms with Gasteiger partial charge in [-0.15, -0.1) is 5.11 Å². The first-order valence-corrected chi connectivity index (χ1v) is 11.6. The number of nitrogens with zero attached hydrogens (tertiary/aromatic N) is 3. The Bertz CT molecular complexity index is 948. The van der Waals surface area contributed by atoms with E-state index in [9.17, 15) is 17.2 Å². The number of rotatable bonds is 4. The third-order valence-corrected chi connectivity index (χ3v) is 7.24. The van der Waals surface area contributed by atoms with Crippen LogP contribution in [0.1, 0.15) is 37.3 Å². The normalized spacial score (nSPS) is 27.2. The number of halogens is 2. The van der Waals surface area contributed by atoms with Gasteiger partial charge in [0.25, 0.3) is 0 Å². The highest BCUT2D eigenvalue weighted by atomic mass is 32.2. The van der Waals surface area contributed by atoms with Gasteiger partial charge in [-0.25, -0.2) is 17.2 Å². The van der Waals surface area contributed by atoms with Crippen LogP contribution in [-0.4, -0.2) is 43.6 Å². The van der Waals surface area contributed by atoms with E-state index < -0.39 is 27.7 Å². The zero-order valence-corrected chi connectivity index (χ0v) is 16.7. The molecule has 156 valence electrons. The molecule has 0 N–H and O–H groups in total. The van der Waals surface area contributed by atoms with Crippen molar-refractivity contribution in [3.05, 3.63) is 59.5 Å². The molecule has 2 fully saturated rings. The molecule has 1 aromatic carbocycles. The predicted octanol–water partition coefficient (Wildman–Crippen LogP) is 3.89. The van der Waals surface area contributed by atoms with E-state index in [4.69, 9.17) is 4.74 Å². The summed E-state index contributed by atoms with van der Waals surface area (Å²) in [4.78, 5) is 2.01. The maximum absolute atomic E-state index is 14.2. The monoisotopic (exact) mass is 423 g/mol. The Balaban J connectivity index is 1.39. The number of azo groups is 1. The van der Waals surface area contributed by atoms with Gasteiger partial charge in [0.1, 0.15) is 27.7 Å². The summed E-state index contributed by atoms with van der Waals surface area (Å²) in [7, 11) is -2.92. The van der Waals surface area contributed by atoms with Crippen LogP contribution in [0.15, 0.2) is 52.5 Å². The molecule has 0 amide bonds. The summed E-state index contributed by atoms with van der Waals surface area (Å²) in [6.45, 7) is 0.725. The van der Waals surface area contributed by atoms with Crippen molar-refractivity contribution >= 4 is 9.84 Å². The van der Waals surface area contributed by atoms with Gasteiger partial charge in [-0.3, -0.25) is 0 Å². The standard InChI is InChI=1S/C20H23F2N3O3S/c21-14-3-5-18(22)17(12-14)19-2-1-9-25(19)16-4-6-20(28-13-16)24-23-15-7-10-29(26,27)11-8-15/h3-6,12-13,15,19-20H,1-2,7-11H2/t19?,20-/m1/s1. The number of ether oxygens (including phenoxy) is 1. The molecular formula is C20H23F2N3O3S. The van der Waals surface area contributed by atoms with Gasteiger partial charge in [0.15, 0.2) is 0 Å². The van der Waals surface area contributed by atoms with Gasteiger partial charge in [0, 0.05) is 12.1 Å². The van der Waals surface area contributed by atoms with Crippen LogP contribution in [0.4, 0.5) is 8.78 Å². The van der Waals surface area contributed by atoms with Gasteiger partial charge in [0.05, 0.1) is 29.3 Å². The summed E-state index contributed by atoms with van der Waals surface area (Å²) in [5.74, 6) is -0.566. The van der Waals surface area contributed by atoms with Gasteiger partial charge < -0.3 is 9.64 Å². The molecule has 3 aliphatic heterocycles. The first-order valence-electron chi connectivity index (χ1n) is 9.77. The zero-order chi connectivity index (χ0) is 20.4. The summed E-state index contributed by atoms with van der Waals surface area (Å²) in [5, 5.41) is 8.40. The number of sulfone groups is 1. The second-order valence-corrected chi connectivity index (χ2v) is 9.86. The van der Waals surface area contributed by atoms with Crippen LogP contribution in [0.3, 0.4) is 0 Å². The second kappa shape index (κ2) is 8.22. The molecule has 9 heteroatoms. The molecule has 4 rings (SSSR count). The molecule has 0 aromatic heterocycles. The Kier molecular flexibility index (Phi) is 5.67. The van der Waals surface area contributed by atoms with E-state index in [0.717, 1.165) is 37.2 Å². The van der Waals surface area contributed by atoms with E-state index in [1.807, 2.05) is 11.0 Å². The van der Waals surface area contributed by atoms with Crippen molar-refractivity contribution in [1.82, 2.24) is 4.90 Å². The third kappa shape index (κ3) is 4.66. The van der Waals surface area contributed by atoms with Crippen molar-refractivity contribution < 1.29 is 21.9 Å². The lowest BCUT2D eigenvalue weighted by Crippen LogP contribution is -2.26. The van der Waals surface area contributed by atoms with Crippen molar-refractivity contribution in [3.63, 3.8) is 0 Å². The van der Waals surface area contributed by atoms with Gasteiger partial charge in [0.2, 0.25) is 6.23 Å². The average Bonchev–Trinajstić information content (AvgIpc) is 3.19. The number of hydrogen-bond donors (Lipinski definition) is 0. The van der Waals surface area contributed by atoms with Crippen LogP contribution < -0.4 is 0 Å². The summed E-state index contributed by atoms with van der Waals surface area (Å²) < 4.78 is 56.4. The number of allylic oxidation sites excluding steroid dienone is 1. The SMILES string of the molecule is O=S1(=O)CCC(N=N[C@H]2C=CC(N3CCCC3c3cc(F)ccc3F)=CO2)CC1. The maximum atomic E-state index is 14.2. The minimum absolute atomic E-state index is 0.0974. The predicted molar refractivity (Wildman–Crippen MR) is 104 cm³/mol. The van der Waals surface area contributed by atoms with Crippen molar-refractivity contribution in [3.8, 4) is 0 Å². The molecule has 0 radical (unpaired) electrons. The van der Waals surface area contributed by atoms with E-state index in [1.165, 1.54) is 6.07 Å². The van der Waals surface area contributed by atoms with Crippen LogP contribution in [-0.2, 0) is 14.6 Å². The molecule has 0 aliphatic carbocycles. The van der Waals surface area contributed by atoms with E-state index in [0.29, 0.717) is 18.4 Å². The van der Waals surface area contributed by atoms with Crippen molar-refractivity contribution in [2.45, 2.75) is 44.0 Å². The Hall–Kier alpha value is -2.29. The van der Waals surface area contributed by atoms with Crippen molar-refractivity contribution in [2.75, 3.05) is 18.1 Å². The first-order chi connectivity index (χ1) is 13.9. The fourth-order valence-corrected chi connectivity index (χ4v) is 5.42. The summed E-state index contributed by atoms with van der Waals surface area (Å²) in [6, 6.07) is 3.20. The lowest BCUT2D eigenvalue weighted by molar-refractivity contribution is 0.167. The Labute approximate surface area is 168 Å². The van der Waals surface area contributed by atoms with Crippen LogP contribution in [0, 0.1) is 11.6 Å². The van der Waals surface area contributed by atoms with E-state index in [-0.39, 0.29) is 23.6 Å². The molecule has 2 saturated heterocycles. The van der Waals surface area contributed by atoms with Gasteiger partial charge in [-0.1, -0.05) is 0 Å². The third-order valence-electron chi connectivity index (χ3n) is 5.53. The Morgan fingerprint density at radius 2 is 1.90 bits per heavy atom. The summed E-state index contributed by atoms with van der Waals surface area (Å²) in [5.41, 5.74) is 1.14. The van der Waals surface area contributed by atoms with Gasteiger partial charge in [-0.05, 0) is 56.0 Å². The molecule has 6 nitrogen and oxygen atoms in total. The van der Waals surface area contributed by atoms with Crippen LogP contribution in [0.2, 0.25) is 0 Å². The van der Waals surface area contributed by atoms with Crippen LogP contribution in [0.25, 0.3) is 0 Å². The largest absolute Gasteiger partial charge is 0.469 e. The van der Waals surface area contributed by atoms with Crippen LogP contribution in [0.5, 0.6) is 0 Å². The minimum Gasteiger partial charge on any atom is -0.469 e. The fourth-order valence-electron chi connectivity index (χ4n) is 3.96. The van der Waals surface area contributed by atoms with E-state index in [1.54, 1.807) is 12.3 Å². The van der Waals surface area contributed by atoms with E-state index >= 15 is 0 Å². The highest BCUT2D eigenvalue weighted by Crippen LogP contribution is 2.37. The number of likely N-dealkylation sites (tertiary alicyclic amines) is 1. The lowest BCUT2D eigenvalue weighted by Gasteiger charge is -2.29. The quantitative estimate of drug-likeness (QED) is 0.689. The number of benzene rings is 1. The van der Waals surface area contributed by atoms with E-state index in [2.05, 4.69) is 10.2 Å². The topological polar surface area (TPSA) is 71.3 Å². The summed E-state index contributed by atoms with van der Waals surface area (Å²) >= 11 is 0. The molecule has 0 spiro atoms. The molecule has 2 atom stereocenters. The van der Waals surface area contributed by atoms with Crippen molar-refractivity contribution in [2.24, 2.45) is 10.2 Å². The first kappa shape index (κ1) is 20.0. The Morgan fingerprint density at radius 1 is 1.10 bits per heavy atom. The highest BCUT2D eigenvalue weighted by molar-refractivity contribution is 7.91. The van der Waals surface area contributed by atoms with Gasteiger partial charge >= 0.3 is 0 Å². The smallest absolute Gasteiger partial charge is 0.227 e. The zero-order valence-electron chi connectivity index (χ0n) is 15.9. The second-order valence-electron chi connectivity index (χ2n) is 7.56. The molecule has 1 aromatic rings. The molecule has 3 heterocycles. The van der Waals surface area contributed by atoms with Gasteiger partial charge in [-0.2, -0.15) is 5.11 Å². The average molecular weight is 423 g/mol.